The lowest BCUT2D eigenvalue weighted by molar-refractivity contribution is 0.378. The number of hydrogen-bond acceptors (Lipinski definition) is 1. The van der Waals surface area contributed by atoms with Crippen molar-refractivity contribution in [3.05, 3.63) is 0 Å². The Hall–Kier alpha value is 0.960. The first-order chi connectivity index (χ1) is 4.30. The van der Waals surface area contributed by atoms with Crippen LogP contribution in [0, 0.1) is 0 Å². The van der Waals surface area contributed by atoms with Crippen molar-refractivity contribution in [2.45, 2.75) is 19.3 Å². The molecule has 1 aliphatic heterocycles. The quantitative estimate of drug-likeness (QED) is 0.486. The van der Waals surface area contributed by atoms with Crippen LogP contribution in [0.5, 0.6) is 0 Å². The molecule has 1 aliphatic rings. The maximum absolute atomic E-state index is 5.09. The highest BCUT2D eigenvalue weighted by Crippen LogP contribution is 2.34. The number of hydrogen-bond donors (Lipinski definition) is 1. The summed E-state index contributed by atoms with van der Waals surface area (Å²) >= 11 is 9.37. The summed E-state index contributed by atoms with van der Waals surface area (Å²) in [4.78, 5) is 0. The van der Waals surface area contributed by atoms with E-state index in [1.807, 2.05) is 0 Å². The second-order valence-corrected chi connectivity index (χ2v) is 6.87. The largest absolute Gasteiger partial charge is 0.270 e. The van der Waals surface area contributed by atoms with E-state index >= 15 is 0 Å². The van der Waals surface area contributed by atoms with Crippen molar-refractivity contribution < 1.29 is 0 Å². The fraction of sp³-hybridized carbons (Fsp3) is 1.00. The highest BCUT2D eigenvalue weighted by Gasteiger charge is 2.09. The lowest BCUT2D eigenvalue weighted by atomic mass is 10.2. The second-order valence-electron chi connectivity index (χ2n) is 2.33. The molecular weight excluding hydrogens is 169 g/mol. The normalized spacial score (nSPS) is 25.9. The Kier molecular flexibility index (Phi) is 3.55. The molecule has 1 saturated heterocycles. The van der Waals surface area contributed by atoms with Crippen molar-refractivity contribution in [1.29, 1.82) is 0 Å². The zero-order valence-corrected chi connectivity index (χ0v) is 8.05. The molecule has 1 fully saturated rings. The average Bonchev–Trinajstić information content (AvgIpc) is 1.90. The average molecular weight is 181 g/mol. The topological polar surface area (TPSA) is 3.24 Å². The van der Waals surface area contributed by atoms with Crippen LogP contribution in [0.25, 0.3) is 0 Å². The highest BCUT2D eigenvalue weighted by atomic mass is 32.9. The van der Waals surface area contributed by atoms with E-state index in [1.54, 1.807) is 0 Å². The smallest absolute Gasteiger partial charge is 0.0518 e. The van der Waals surface area contributed by atoms with E-state index in [0.29, 0.717) is 0 Å². The summed E-state index contributed by atoms with van der Waals surface area (Å²) in [6, 6.07) is -0.824. The number of rotatable bonds is 1. The zero-order chi connectivity index (χ0) is 6.69. The van der Waals surface area contributed by atoms with Crippen molar-refractivity contribution in [2.24, 2.45) is 0 Å². The first-order valence-electron chi connectivity index (χ1n) is 3.28. The molecule has 1 nitrogen and oxygen atoms in total. The van der Waals surface area contributed by atoms with Gasteiger partial charge in [-0.1, -0.05) is 18.2 Å². The molecule has 1 unspecified atom stereocenters. The maximum Gasteiger partial charge on any atom is 0.0518 e. The van der Waals surface area contributed by atoms with E-state index in [1.165, 1.54) is 32.4 Å². The molecule has 0 aliphatic carbocycles. The summed E-state index contributed by atoms with van der Waals surface area (Å²) in [5.74, 6) is 0. The van der Waals surface area contributed by atoms with Crippen LogP contribution in [0.15, 0.2) is 0 Å². The molecule has 1 heterocycles. The summed E-state index contributed by atoms with van der Waals surface area (Å²) in [6.45, 7) is 2.39. The SMILES string of the molecule is S=[PH](S)N1CCCCC1. The third-order valence-corrected chi connectivity index (χ3v) is 4.24. The third kappa shape index (κ3) is 2.58. The van der Waals surface area contributed by atoms with E-state index in [-0.39, 0.29) is 0 Å². The van der Waals surface area contributed by atoms with Gasteiger partial charge in [0.2, 0.25) is 0 Å². The van der Waals surface area contributed by atoms with E-state index in [9.17, 15) is 0 Å². The minimum absolute atomic E-state index is 0.824. The summed E-state index contributed by atoms with van der Waals surface area (Å²) in [6.07, 6.45) is 4.03. The third-order valence-electron chi connectivity index (χ3n) is 1.63. The summed E-state index contributed by atoms with van der Waals surface area (Å²) in [5.41, 5.74) is 0. The van der Waals surface area contributed by atoms with Crippen LogP contribution < -0.4 is 0 Å². The molecular formula is C5H12NPS2. The monoisotopic (exact) mass is 181 g/mol. The molecule has 1 atom stereocenters. The molecule has 0 aromatic rings. The van der Waals surface area contributed by atoms with Crippen LogP contribution >= 0.6 is 18.3 Å². The van der Waals surface area contributed by atoms with Crippen molar-refractivity contribution in [3.8, 4) is 0 Å². The Labute approximate surface area is 67.4 Å². The van der Waals surface area contributed by atoms with E-state index in [0.717, 1.165) is 0 Å². The van der Waals surface area contributed by atoms with E-state index < -0.39 is 6.05 Å². The molecule has 0 amide bonds. The van der Waals surface area contributed by atoms with Gasteiger partial charge in [0.15, 0.2) is 0 Å². The fourth-order valence-corrected chi connectivity index (χ4v) is 2.93. The Bertz CT molecular complexity index is 112. The molecule has 0 bridgehead atoms. The lowest BCUT2D eigenvalue weighted by Crippen LogP contribution is -2.21. The van der Waals surface area contributed by atoms with Gasteiger partial charge in [-0.2, -0.15) is 0 Å². The zero-order valence-electron chi connectivity index (χ0n) is 5.34. The molecule has 4 heteroatoms. The predicted octanol–water partition coefficient (Wildman–Crippen LogP) is 1.91. The van der Waals surface area contributed by atoms with Gasteiger partial charge in [0.05, 0.1) is 6.05 Å². The van der Waals surface area contributed by atoms with Gasteiger partial charge in [-0.05, 0) is 12.8 Å². The second kappa shape index (κ2) is 3.97. The van der Waals surface area contributed by atoms with Crippen LogP contribution in [0.4, 0.5) is 0 Å². The van der Waals surface area contributed by atoms with Gasteiger partial charge < -0.3 is 0 Å². The standard InChI is InChI=1S/C5H12NPS2/c8-7(9)6-4-2-1-3-5-6/h7H,1-5H2,(H,8,9). The molecule has 0 saturated carbocycles. The van der Waals surface area contributed by atoms with Gasteiger partial charge in [0.25, 0.3) is 0 Å². The van der Waals surface area contributed by atoms with Gasteiger partial charge >= 0.3 is 0 Å². The molecule has 0 aromatic carbocycles. The van der Waals surface area contributed by atoms with Crippen molar-refractivity contribution in [1.82, 2.24) is 4.67 Å². The van der Waals surface area contributed by atoms with Crippen LogP contribution in [-0.4, -0.2) is 17.8 Å². The molecule has 0 radical (unpaired) electrons. The van der Waals surface area contributed by atoms with E-state index in [4.69, 9.17) is 11.8 Å². The van der Waals surface area contributed by atoms with Crippen molar-refractivity contribution in [2.75, 3.05) is 13.1 Å². The number of thiol groups is 1. The number of nitrogens with zero attached hydrogens (tertiary/aromatic N) is 1. The molecule has 0 aromatic heterocycles. The molecule has 1 rings (SSSR count). The molecule has 54 valence electrons. The Morgan fingerprint density at radius 1 is 1.22 bits per heavy atom. The molecule has 0 spiro atoms. The van der Waals surface area contributed by atoms with E-state index in [2.05, 4.69) is 16.9 Å². The minimum atomic E-state index is -0.824. The Balaban J connectivity index is 2.31. The Morgan fingerprint density at radius 3 is 2.11 bits per heavy atom. The van der Waals surface area contributed by atoms with Gasteiger partial charge in [0, 0.05) is 13.1 Å². The first-order valence-corrected chi connectivity index (χ1v) is 7.15. The summed E-state index contributed by atoms with van der Waals surface area (Å²) in [7, 11) is 0. The van der Waals surface area contributed by atoms with Gasteiger partial charge in [-0.25, -0.2) is 0 Å². The van der Waals surface area contributed by atoms with Crippen LogP contribution in [0.2, 0.25) is 0 Å². The van der Waals surface area contributed by atoms with Crippen LogP contribution in [-0.2, 0) is 11.8 Å². The van der Waals surface area contributed by atoms with Crippen molar-refractivity contribution >= 4 is 30.1 Å². The Morgan fingerprint density at radius 2 is 1.78 bits per heavy atom. The van der Waals surface area contributed by atoms with Crippen molar-refractivity contribution in [3.63, 3.8) is 0 Å². The van der Waals surface area contributed by atoms with Gasteiger partial charge in [-0.15, -0.1) is 12.2 Å². The minimum Gasteiger partial charge on any atom is -0.270 e. The maximum atomic E-state index is 5.09. The fourth-order valence-electron chi connectivity index (χ4n) is 1.09. The van der Waals surface area contributed by atoms with Crippen LogP contribution in [0.3, 0.4) is 0 Å². The molecule has 9 heavy (non-hydrogen) atoms. The number of piperidine rings is 1. The first kappa shape index (κ1) is 8.06. The van der Waals surface area contributed by atoms with Crippen LogP contribution in [0.1, 0.15) is 19.3 Å². The highest BCUT2D eigenvalue weighted by molar-refractivity contribution is 8.55. The summed E-state index contributed by atoms with van der Waals surface area (Å²) in [5, 5.41) is 0. The van der Waals surface area contributed by atoms with Gasteiger partial charge in [0.1, 0.15) is 0 Å². The van der Waals surface area contributed by atoms with Gasteiger partial charge in [-0.3, -0.25) is 4.67 Å². The molecule has 0 N–H and O–H groups in total. The predicted molar refractivity (Wildman–Crippen MR) is 50.1 cm³/mol. The lowest BCUT2D eigenvalue weighted by Gasteiger charge is -2.25. The summed E-state index contributed by atoms with van der Waals surface area (Å²) < 4.78 is 2.34.